The molecule has 2 N–H and O–H groups in total. The minimum atomic E-state index is -0.944. The van der Waals surface area contributed by atoms with Gasteiger partial charge in [0, 0.05) is 13.0 Å². The molecule has 1 unspecified atom stereocenters. The van der Waals surface area contributed by atoms with Gasteiger partial charge in [-0.1, -0.05) is 0 Å². The molecule has 7 nitrogen and oxygen atoms in total. The van der Waals surface area contributed by atoms with Gasteiger partial charge in [0.2, 0.25) is 11.8 Å². The smallest absolute Gasteiger partial charge is 0.305 e. The van der Waals surface area contributed by atoms with Gasteiger partial charge in [-0.15, -0.1) is 0 Å². The number of rotatable bonds is 7. The van der Waals surface area contributed by atoms with Gasteiger partial charge >= 0.3 is 5.97 Å². The molecule has 0 aliphatic carbocycles. The molecule has 114 valence electrons. The molecule has 2 amide bonds. The zero-order valence-electron chi connectivity index (χ0n) is 12.4. The van der Waals surface area contributed by atoms with E-state index in [9.17, 15) is 14.4 Å². The van der Waals surface area contributed by atoms with E-state index in [0.29, 0.717) is 24.0 Å². The summed E-state index contributed by atoms with van der Waals surface area (Å²) in [7, 11) is 5.81. The van der Waals surface area contributed by atoms with Crippen molar-refractivity contribution < 1.29 is 24.0 Å². The second-order valence-corrected chi connectivity index (χ2v) is 6.25. The topological polar surface area (TPSA) is 86.7 Å². The molecule has 1 saturated heterocycles. The van der Waals surface area contributed by atoms with Crippen LogP contribution in [0.15, 0.2) is 0 Å². The molecule has 0 aromatic rings. The average molecular weight is 286 g/mol. The van der Waals surface area contributed by atoms with Gasteiger partial charge in [-0.2, -0.15) is 0 Å². The normalized spacial score (nSPS) is 17.1. The minimum Gasteiger partial charge on any atom is -0.481 e. The van der Waals surface area contributed by atoms with E-state index in [1.54, 1.807) is 0 Å². The van der Waals surface area contributed by atoms with E-state index in [0.717, 1.165) is 6.42 Å². The largest absolute Gasteiger partial charge is 0.481 e. The Morgan fingerprint density at radius 1 is 1.40 bits per heavy atom. The van der Waals surface area contributed by atoms with Crippen LogP contribution in [0.2, 0.25) is 0 Å². The third-order valence-electron chi connectivity index (χ3n) is 3.06. The van der Waals surface area contributed by atoms with Crippen molar-refractivity contribution in [2.24, 2.45) is 0 Å². The lowest BCUT2D eigenvalue weighted by Gasteiger charge is -2.29. The summed E-state index contributed by atoms with van der Waals surface area (Å²) in [5.41, 5.74) is 0. The Hall–Kier alpha value is -1.63. The fraction of sp³-hybridized carbons (Fsp3) is 0.769. The molecule has 0 spiro atoms. The Bertz CT molecular complexity index is 390. The first-order valence-corrected chi connectivity index (χ1v) is 6.77. The lowest BCUT2D eigenvalue weighted by Crippen LogP contribution is -2.51. The van der Waals surface area contributed by atoms with Crippen LogP contribution >= 0.6 is 0 Å². The summed E-state index contributed by atoms with van der Waals surface area (Å²) in [6.07, 6.45) is 1.16. The van der Waals surface area contributed by atoms with Crippen molar-refractivity contribution in [2.45, 2.75) is 25.3 Å². The molecule has 1 heterocycles. The molecule has 20 heavy (non-hydrogen) atoms. The molecule has 1 aliphatic heterocycles. The number of amides is 2. The van der Waals surface area contributed by atoms with Gasteiger partial charge in [-0.05, 0) is 6.42 Å². The lowest BCUT2D eigenvalue weighted by atomic mass is 10.2. The van der Waals surface area contributed by atoms with Gasteiger partial charge in [-0.3, -0.25) is 14.4 Å². The van der Waals surface area contributed by atoms with Crippen LogP contribution in [0.25, 0.3) is 0 Å². The number of aliphatic carboxylic acids is 1. The first-order chi connectivity index (χ1) is 9.17. The highest BCUT2D eigenvalue weighted by atomic mass is 16.4. The van der Waals surface area contributed by atoms with Crippen molar-refractivity contribution >= 4 is 17.8 Å². The van der Waals surface area contributed by atoms with E-state index >= 15 is 0 Å². The molecule has 0 radical (unpaired) electrons. The summed E-state index contributed by atoms with van der Waals surface area (Å²) in [5.74, 6) is -1.25. The minimum absolute atomic E-state index is 0.0125. The Labute approximate surface area is 119 Å². The molecule has 1 aliphatic rings. The quantitative estimate of drug-likeness (QED) is 0.604. The van der Waals surface area contributed by atoms with E-state index in [2.05, 4.69) is 5.32 Å². The highest BCUT2D eigenvalue weighted by Crippen LogP contribution is 2.09. The van der Waals surface area contributed by atoms with Gasteiger partial charge in [-0.25, -0.2) is 0 Å². The summed E-state index contributed by atoms with van der Waals surface area (Å²) >= 11 is 0. The van der Waals surface area contributed by atoms with E-state index in [1.165, 1.54) is 4.90 Å². The van der Waals surface area contributed by atoms with E-state index in [4.69, 9.17) is 5.11 Å². The highest BCUT2D eigenvalue weighted by Gasteiger charge is 2.26. The zero-order valence-corrected chi connectivity index (χ0v) is 12.4. The predicted octanol–water partition coefficient (Wildman–Crippen LogP) is -0.725. The summed E-state index contributed by atoms with van der Waals surface area (Å²) in [4.78, 5) is 35.7. The van der Waals surface area contributed by atoms with Crippen molar-refractivity contribution in [1.29, 1.82) is 0 Å². The number of carbonyl (C=O) groups excluding carboxylic acids is 2. The standard InChI is InChI=1S/C13H23N3O4/c1-16(2,3)9-10(7-13(19)20)14-11(17)8-15-6-4-5-12(15)18/h10H,4-9H2,1-3H3,(H-,14,17,19,20)/p+1. The average Bonchev–Trinajstić information content (AvgIpc) is 2.60. The van der Waals surface area contributed by atoms with Crippen LogP contribution in [-0.2, 0) is 14.4 Å². The third kappa shape index (κ3) is 6.01. The third-order valence-corrected chi connectivity index (χ3v) is 3.06. The van der Waals surface area contributed by atoms with Crippen LogP contribution in [0.5, 0.6) is 0 Å². The number of hydrogen-bond donors (Lipinski definition) is 2. The van der Waals surface area contributed by atoms with Gasteiger partial charge in [0.1, 0.15) is 0 Å². The first kappa shape index (κ1) is 16.4. The summed E-state index contributed by atoms with van der Waals surface area (Å²) in [6, 6.07) is -0.433. The molecular formula is C13H24N3O4+. The van der Waals surface area contributed by atoms with E-state index in [1.807, 2.05) is 21.1 Å². The Morgan fingerprint density at radius 3 is 2.50 bits per heavy atom. The molecule has 0 aromatic carbocycles. The number of quaternary nitrogens is 1. The van der Waals surface area contributed by atoms with Crippen LogP contribution in [0, 0.1) is 0 Å². The van der Waals surface area contributed by atoms with Crippen LogP contribution in [0.3, 0.4) is 0 Å². The molecule has 1 atom stereocenters. The lowest BCUT2D eigenvalue weighted by molar-refractivity contribution is -0.871. The fourth-order valence-corrected chi connectivity index (χ4v) is 2.35. The number of carboxylic acids is 1. The second kappa shape index (κ2) is 6.69. The van der Waals surface area contributed by atoms with Crippen LogP contribution in [0.1, 0.15) is 19.3 Å². The Kier molecular flexibility index (Phi) is 5.50. The highest BCUT2D eigenvalue weighted by molar-refractivity contribution is 5.86. The Balaban J connectivity index is 2.52. The summed E-state index contributed by atoms with van der Waals surface area (Å²) < 4.78 is 0.556. The number of hydrogen-bond acceptors (Lipinski definition) is 3. The van der Waals surface area contributed by atoms with Crippen molar-refractivity contribution in [2.75, 3.05) is 40.8 Å². The van der Waals surface area contributed by atoms with Crippen molar-refractivity contribution in [3.63, 3.8) is 0 Å². The number of carboxylic acid groups (broad SMARTS) is 1. The maximum absolute atomic E-state index is 11.9. The maximum Gasteiger partial charge on any atom is 0.305 e. The molecule has 0 aromatic heterocycles. The van der Waals surface area contributed by atoms with Gasteiger partial charge < -0.3 is 19.8 Å². The first-order valence-electron chi connectivity index (χ1n) is 6.77. The van der Waals surface area contributed by atoms with Gasteiger partial charge in [0.05, 0.1) is 46.7 Å². The molecule has 7 heteroatoms. The molecule has 1 rings (SSSR count). The fourth-order valence-electron chi connectivity index (χ4n) is 2.35. The molecule has 0 saturated carbocycles. The number of likely N-dealkylation sites (N-methyl/N-ethyl adjacent to an activating group) is 1. The van der Waals surface area contributed by atoms with Crippen LogP contribution < -0.4 is 5.32 Å². The zero-order chi connectivity index (χ0) is 15.3. The molecular weight excluding hydrogens is 262 g/mol. The monoisotopic (exact) mass is 286 g/mol. The van der Waals surface area contributed by atoms with Crippen molar-refractivity contribution in [3.05, 3.63) is 0 Å². The van der Waals surface area contributed by atoms with Crippen molar-refractivity contribution in [1.82, 2.24) is 10.2 Å². The SMILES string of the molecule is C[N+](C)(C)CC(CC(=O)O)NC(=O)CN1CCCC1=O. The maximum atomic E-state index is 11.9. The predicted molar refractivity (Wildman–Crippen MR) is 72.9 cm³/mol. The number of carbonyl (C=O) groups is 3. The van der Waals surface area contributed by atoms with Gasteiger partial charge in [0.25, 0.3) is 0 Å². The number of nitrogens with zero attached hydrogens (tertiary/aromatic N) is 2. The van der Waals surface area contributed by atoms with E-state index < -0.39 is 12.0 Å². The summed E-state index contributed by atoms with van der Waals surface area (Å²) in [5, 5.41) is 11.6. The van der Waals surface area contributed by atoms with Crippen LogP contribution in [-0.4, -0.2) is 79.1 Å². The number of nitrogens with one attached hydrogen (secondary N) is 1. The summed E-state index contributed by atoms with van der Waals surface area (Å²) in [6.45, 7) is 1.14. The van der Waals surface area contributed by atoms with Crippen molar-refractivity contribution in [3.8, 4) is 0 Å². The van der Waals surface area contributed by atoms with Gasteiger partial charge in [0.15, 0.2) is 0 Å². The Morgan fingerprint density at radius 2 is 2.05 bits per heavy atom. The number of likely N-dealkylation sites (tertiary alicyclic amines) is 1. The molecule has 0 bridgehead atoms. The molecule has 1 fully saturated rings. The van der Waals surface area contributed by atoms with E-state index in [-0.39, 0.29) is 24.8 Å². The van der Waals surface area contributed by atoms with Crippen LogP contribution in [0.4, 0.5) is 0 Å². The second-order valence-electron chi connectivity index (χ2n) is 6.25.